The number of hydrazone groups is 1. The van der Waals surface area contributed by atoms with E-state index in [4.69, 9.17) is 5.10 Å². The molecule has 0 aliphatic carbocycles. The fourth-order valence-electron chi connectivity index (χ4n) is 5.59. The van der Waals surface area contributed by atoms with Gasteiger partial charge in [-0.3, -0.25) is 5.01 Å². The number of benzene rings is 5. The molecule has 2 heteroatoms. The zero-order valence-corrected chi connectivity index (χ0v) is 20.9. The second kappa shape index (κ2) is 10.3. The van der Waals surface area contributed by atoms with Gasteiger partial charge < -0.3 is 0 Å². The molecule has 0 saturated carbocycles. The van der Waals surface area contributed by atoms with Crippen LogP contribution in [0.3, 0.4) is 0 Å². The summed E-state index contributed by atoms with van der Waals surface area (Å²) in [6, 6.07) is 51.9. The standard InChI is InChI=1S/C35H30N2/c1-5-15-28(16-6-1)25-34-32-23-13-14-24-33(32)35(26-29-17-7-2-8-18-29,27-30-19-9-3-10-20-30)37(36-34)31-21-11-4-12-22-31/h1-24H,25-27H2. The van der Waals surface area contributed by atoms with Gasteiger partial charge in [-0.2, -0.15) is 5.10 Å². The predicted molar refractivity (Wildman–Crippen MR) is 154 cm³/mol. The summed E-state index contributed by atoms with van der Waals surface area (Å²) >= 11 is 0. The summed E-state index contributed by atoms with van der Waals surface area (Å²) in [6.07, 6.45) is 2.47. The van der Waals surface area contributed by atoms with Crippen LogP contribution in [-0.4, -0.2) is 5.71 Å². The zero-order valence-electron chi connectivity index (χ0n) is 20.9. The van der Waals surface area contributed by atoms with Gasteiger partial charge in [-0.15, -0.1) is 0 Å². The first kappa shape index (κ1) is 23.0. The molecule has 180 valence electrons. The van der Waals surface area contributed by atoms with Crippen molar-refractivity contribution >= 4 is 11.4 Å². The van der Waals surface area contributed by atoms with E-state index in [0.717, 1.165) is 30.7 Å². The largest absolute Gasteiger partial charge is 0.254 e. The Bertz CT molecular complexity index is 1430. The van der Waals surface area contributed by atoms with Crippen molar-refractivity contribution in [3.05, 3.63) is 173 Å². The lowest BCUT2D eigenvalue weighted by atomic mass is 9.74. The van der Waals surface area contributed by atoms with Gasteiger partial charge in [0, 0.05) is 24.8 Å². The van der Waals surface area contributed by atoms with Crippen LogP contribution in [0.1, 0.15) is 27.8 Å². The van der Waals surface area contributed by atoms with E-state index in [0.29, 0.717) is 0 Å². The summed E-state index contributed by atoms with van der Waals surface area (Å²) < 4.78 is 0. The molecule has 0 atom stereocenters. The minimum Gasteiger partial charge on any atom is -0.254 e. The Labute approximate surface area is 219 Å². The lowest BCUT2D eigenvalue weighted by Gasteiger charge is -2.47. The molecule has 0 amide bonds. The van der Waals surface area contributed by atoms with E-state index in [9.17, 15) is 0 Å². The second-order valence-electron chi connectivity index (χ2n) is 9.76. The molecule has 0 aromatic heterocycles. The Hall–Kier alpha value is -4.43. The molecule has 37 heavy (non-hydrogen) atoms. The zero-order chi connectivity index (χ0) is 24.9. The Kier molecular flexibility index (Phi) is 6.39. The maximum absolute atomic E-state index is 5.48. The van der Waals surface area contributed by atoms with E-state index < -0.39 is 0 Å². The summed E-state index contributed by atoms with van der Waals surface area (Å²) in [5, 5.41) is 7.80. The summed E-state index contributed by atoms with van der Waals surface area (Å²) in [5.41, 5.74) is 8.25. The second-order valence-corrected chi connectivity index (χ2v) is 9.76. The van der Waals surface area contributed by atoms with Gasteiger partial charge in [-0.1, -0.05) is 133 Å². The van der Waals surface area contributed by atoms with Crippen molar-refractivity contribution in [1.82, 2.24) is 0 Å². The van der Waals surface area contributed by atoms with Crippen LogP contribution in [0.25, 0.3) is 0 Å². The van der Waals surface area contributed by atoms with Gasteiger partial charge in [0.25, 0.3) is 0 Å². The molecule has 0 radical (unpaired) electrons. The number of rotatable bonds is 7. The normalized spacial score (nSPS) is 14.1. The van der Waals surface area contributed by atoms with Crippen LogP contribution in [0.5, 0.6) is 0 Å². The van der Waals surface area contributed by atoms with Crippen molar-refractivity contribution in [2.75, 3.05) is 5.01 Å². The van der Waals surface area contributed by atoms with Crippen molar-refractivity contribution in [1.29, 1.82) is 0 Å². The van der Waals surface area contributed by atoms with Crippen molar-refractivity contribution < 1.29 is 0 Å². The van der Waals surface area contributed by atoms with E-state index in [-0.39, 0.29) is 5.54 Å². The highest BCUT2D eigenvalue weighted by molar-refractivity contribution is 6.05. The number of anilines is 1. The number of hydrogen-bond acceptors (Lipinski definition) is 2. The van der Waals surface area contributed by atoms with E-state index in [2.05, 4.69) is 151 Å². The molecular weight excluding hydrogens is 448 g/mol. The average Bonchev–Trinajstić information content (AvgIpc) is 2.97. The summed E-state index contributed by atoms with van der Waals surface area (Å²) in [6.45, 7) is 0. The predicted octanol–water partition coefficient (Wildman–Crippen LogP) is 7.83. The number of fused-ring (bicyclic) bond motifs is 1. The topological polar surface area (TPSA) is 15.6 Å². The van der Waals surface area contributed by atoms with E-state index >= 15 is 0 Å². The van der Waals surface area contributed by atoms with Crippen LogP contribution < -0.4 is 5.01 Å². The van der Waals surface area contributed by atoms with Gasteiger partial charge in [0.1, 0.15) is 0 Å². The molecule has 5 aromatic carbocycles. The quantitative estimate of drug-likeness (QED) is 0.233. The number of para-hydroxylation sites is 1. The van der Waals surface area contributed by atoms with Crippen LogP contribution in [-0.2, 0) is 24.8 Å². The number of hydrogen-bond donors (Lipinski definition) is 0. The van der Waals surface area contributed by atoms with E-state index in [1.807, 2.05) is 0 Å². The van der Waals surface area contributed by atoms with Gasteiger partial charge in [-0.05, 0) is 34.4 Å². The lowest BCUT2D eigenvalue weighted by molar-refractivity contribution is 0.390. The Balaban J connectivity index is 1.58. The van der Waals surface area contributed by atoms with Gasteiger partial charge in [0.15, 0.2) is 0 Å². The highest BCUT2D eigenvalue weighted by atomic mass is 15.5. The van der Waals surface area contributed by atoms with Crippen LogP contribution in [0.4, 0.5) is 5.69 Å². The highest BCUT2D eigenvalue weighted by Gasteiger charge is 2.44. The number of nitrogens with zero attached hydrogens (tertiary/aromatic N) is 2. The smallest absolute Gasteiger partial charge is 0.0969 e. The average molecular weight is 479 g/mol. The molecule has 0 saturated heterocycles. The Morgan fingerprint density at radius 3 is 1.51 bits per heavy atom. The molecule has 1 aliphatic heterocycles. The molecule has 0 spiro atoms. The molecule has 5 aromatic rings. The Morgan fingerprint density at radius 1 is 0.486 bits per heavy atom. The van der Waals surface area contributed by atoms with Gasteiger partial charge in [0.05, 0.1) is 16.9 Å². The first-order chi connectivity index (χ1) is 18.3. The van der Waals surface area contributed by atoms with Crippen molar-refractivity contribution in [3.8, 4) is 0 Å². The van der Waals surface area contributed by atoms with Crippen LogP contribution >= 0.6 is 0 Å². The first-order valence-corrected chi connectivity index (χ1v) is 13.0. The molecular formula is C35H30N2. The first-order valence-electron chi connectivity index (χ1n) is 13.0. The molecule has 2 nitrogen and oxygen atoms in total. The minimum absolute atomic E-state index is 0.388. The van der Waals surface area contributed by atoms with Crippen molar-refractivity contribution in [2.24, 2.45) is 5.10 Å². The van der Waals surface area contributed by atoms with Crippen LogP contribution in [0.2, 0.25) is 0 Å². The fraction of sp³-hybridized carbons (Fsp3) is 0.114. The summed E-state index contributed by atoms with van der Waals surface area (Å²) in [5.74, 6) is 0. The van der Waals surface area contributed by atoms with E-state index in [1.165, 1.54) is 27.8 Å². The third-order valence-electron chi connectivity index (χ3n) is 7.26. The van der Waals surface area contributed by atoms with Crippen LogP contribution in [0.15, 0.2) is 151 Å². The molecule has 0 fully saturated rings. The third-order valence-corrected chi connectivity index (χ3v) is 7.26. The Morgan fingerprint density at radius 2 is 0.946 bits per heavy atom. The molecule has 0 N–H and O–H groups in total. The van der Waals surface area contributed by atoms with Crippen LogP contribution in [0, 0.1) is 0 Å². The summed E-state index contributed by atoms with van der Waals surface area (Å²) in [4.78, 5) is 0. The monoisotopic (exact) mass is 478 g/mol. The van der Waals surface area contributed by atoms with Gasteiger partial charge in [-0.25, -0.2) is 0 Å². The fourth-order valence-corrected chi connectivity index (χ4v) is 5.59. The maximum atomic E-state index is 5.48. The van der Waals surface area contributed by atoms with Gasteiger partial charge >= 0.3 is 0 Å². The SMILES string of the molecule is c1ccc(CC2=NN(c3ccccc3)C(Cc3ccccc3)(Cc3ccccc3)c3ccccc32)cc1. The molecule has 0 unspecified atom stereocenters. The lowest BCUT2D eigenvalue weighted by Crippen LogP contribution is -2.51. The molecule has 0 bridgehead atoms. The van der Waals surface area contributed by atoms with Crippen molar-refractivity contribution in [2.45, 2.75) is 24.8 Å². The van der Waals surface area contributed by atoms with Gasteiger partial charge in [0.2, 0.25) is 0 Å². The minimum atomic E-state index is -0.388. The highest BCUT2D eigenvalue weighted by Crippen LogP contribution is 2.44. The maximum Gasteiger partial charge on any atom is 0.0969 e. The third kappa shape index (κ3) is 4.71. The van der Waals surface area contributed by atoms with Crippen molar-refractivity contribution in [3.63, 3.8) is 0 Å². The summed E-state index contributed by atoms with van der Waals surface area (Å²) in [7, 11) is 0. The molecule has 1 heterocycles. The molecule has 1 aliphatic rings. The van der Waals surface area contributed by atoms with E-state index in [1.54, 1.807) is 0 Å². The molecule has 6 rings (SSSR count).